The Balaban J connectivity index is 1.20. The molecule has 2 aliphatic heterocycles. The minimum Gasteiger partial charge on any atom is -0.367 e. The van der Waals surface area contributed by atoms with Crippen LogP contribution in [0.3, 0.4) is 0 Å². The number of benzene rings is 1. The molecule has 2 saturated heterocycles. The third-order valence-corrected chi connectivity index (χ3v) is 8.72. The molecule has 2 unspecified atom stereocenters. The highest BCUT2D eigenvalue weighted by atomic mass is 32.2. The Morgan fingerprint density at radius 1 is 1.16 bits per heavy atom. The van der Waals surface area contributed by atoms with Crippen LogP contribution in [0.4, 0.5) is 23.0 Å². The Labute approximate surface area is 217 Å². The maximum absolute atomic E-state index is 12.1. The highest BCUT2D eigenvalue weighted by Crippen LogP contribution is 2.35. The molecule has 1 aromatic carbocycles. The zero-order valence-electron chi connectivity index (χ0n) is 21.0. The Kier molecular flexibility index (Phi) is 6.00. The fourth-order valence-corrected chi connectivity index (χ4v) is 5.85. The number of sulfonamides is 1. The van der Waals surface area contributed by atoms with Crippen molar-refractivity contribution in [3.05, 3.63) is 72.7 Å². The summed E-state index contributed by atoms with van der Waals surface area (Å²) in [5.74, 6) is 2.00. The molecule has 0 saturated carbocycles. The van der Waals surface area contributed by atoms with Crippen molar-refractivity contribution in [2.45, 2.75) is 19.0 Å². The second kappa shape index (κ2) is 9.35. The van der Waals surface area contributed by atoms with Crippen LogP contribution in [0.5, 0.6) is 0 Å². The van der Waals surface area contributed by atoms with Gasteiger partial charge in [0.15, 0.2) is 0 Å². The third kappa shape index (κ3) is 4.62. The molecular weight excluding hydrogens is 486 g/mol. The molecule has 0 aliphatic carbocycles. The first-order valence-corrected chi connectivity index (χ1v) is 14.4. The first kappa shape index (κ1) is 23.7. The van der Waals surface area contributed by atoms with Crippen LogP contribution in [0.2, 0.25) is 0 Å². The molecule has 10 heteroatoms. The van der Waals surface area contributed by atoms with Crippen molar-refractivity contribution < 1.29 is 8.42 Å². The predicted octanol–water partition coefficient (Wildman–Crippen LogP) is 3.42. The summed E-state index contributed by atoms with van der Waals surface area (Å²) >= 11 is 0. The average Bonchev–Trinajstić information content (AvgIpc) is 3.27. The molecule has 0 amide bonds. The van der Waals surface area contributed by atoms with E-state index in [1.165, 1.54) is 29.7 Å². The SMILES string of the molecule is CN(c1ncccc1Cn1ccc2cnc(Nc3ccc(N4CC5CCNCC54)cc3)cc21)S(C)(=O)=O. The van der Waals surface area contributed by atoms with Crippen molar-refractivity contribution in [2.24, 2.45) is 5.92 Å². The lowest BCUT2D eigenvalue weighted by Gasteiger charge is -2.52. The van der Waals surface area contributed by atoms with Crippen molar-refractivity contribution in [1.82, 2.24) is 19.9 Å². The van der Waals surface area contributed by atoms with Crippen LogP contribution < -0.4 is 19.8 Å². The van der Waals surface area contributed by atoms with Gasteiger partial charge >= 0.3 is 0 Å². The minimum absolute atomic E-state index is 0.428. The van der Waals surface area contributed by atoms with Gasteiger partial charge in [0.1, 0.15) is 11.6 Å². The van der Waals surface area contributed by atoms with Gasteiger partial charge in [0, 0.05) is 73.2 Å². The molecular formula is C27H31N7O2S. The topological polar surface area (TPSA) is 95.4 Å². The van der Waals surface area contributed by atoms with E-state index in [2.05, 4.69) is 54.3 Å². The Hall–Kier alpha value is -3.63. The van der Waals surface area contributed by atoms with E-state index < -0.39 is 10.0 Å². The van der Waals surface area contributed by atoms with E-state index in [0.29, 0.717) is 18.4 Å². The van der Waals surface area contributed by atoms with Gasteiger partial charge in [-0.15, -0.1) is 0 Å². The van der Waals surface area contributed by atoms with Crippen LogP contribution in [-0.4, -0.2) is 61.9 Å². The Bertz CT molecular complexity index is 1530. The first-order valence-electron chi connectivity index (χ1n) is 12.5. The van der Waals surface area contributed by atoms with Gasteiger partial charge in [0.2, 0.25) is 10.0 Å². The molecule has 192 valence electrons. The molecule has 2 aliphatic rings. The van der Waals surface area contributed by atoms with Gasteiger partial charge in [0.05, 0.1) is 18.3 Å². The Morgan fingerprint density at radius 2 is 2.00 bits per heavy atom. The van der Waals surface area contributed by atoms with Crippen LogP contribution in [-0.2, 0) is 16.6 Å². The number of nitrogens with one attached hydrogen (secondary N) is 2. The number of pyridine rings is 2. The molecule has 3 aromatic heterocycles. The monoisotopic (exact) mass is 517 g/mol. The lowest BCUT2D eigenvalue weighted by Crippen LogP contribution is -2.63. The van der Waals surface area contributed by atoms with E-state index >= 15 is 0 Å². The molecule has 2 N–H and O–H groups in total. The standard InChI is InChI=1S/C27H31N7O2S/c1-32(37(2,35)36)27-21(4-3-11-29-27)17-33-13-10-19-15-30-26(14-24(19)33)31-22-5-7-23(8-6-22)34-18-20-9-12-28-16-25(20)34/h3-8,10-11,13-15,20,25,28H,9,12,16-18H2,1-2H3,(H,30,31). The zero-order valence-corrected chi connectivity index (χ0v) is 21.8. The number of piperidine rings is 1. The molecule has 0 radical (unpaired) electrons. The second-order valence-electron chi connectivity index (χ2n) is 9.93. The molecule has 0 spiro atoms. The van der Waals surface area contributed by atoms with E-state index in [0.717, 1.165) is 53.5 Å². The van der Waals surface area contributed by atoms with Crippen molar-refractivity contribution >= 4 is 43.9 Å². The number of fused-ring (bicyclic) bond motifs is 2. The van der Waals surface area contributed by atoms with E-state index in [9.17, 15) is 8.42 Å². The van der Waals surface area contributed by atoms with Crippen LogP contribution in [0, 0.1) is 5.92 Å². The van der Waals surface area contributed by atoms with Crippen molar-refractivity contribution in [2.75, 3.05) is 47.5 Å². The molecule has 6 rings (SSSR count). The molecule has 9 nitrogen and oxygen atoms in total. The van der Waals surface area contributed by atoms with E-state index in [1.54, 1.807) is 6.20 Å². The van der Waals surface area contributed by atoms with Crippen LogP contribution in [0.15, 0.2) is 67.1 Å². The maximum atomic E-state index is 12.1. The van der Waals surface area contributed by atoms with Gasteiger partial charge in [-0.05, 0) is 55.3 Å². The van der Waals surface area contributed by atoms with Crippen molar-refractivity contribution in [1.29, 1.82) is 0 Å². The summed E-state index contributed by atoms with van der Waals surface area (Å²) in [6.45, 7) is 3.84. The summed E-state index contributed by atoms with van der Waals surface area (Å²) in [4.78, 5) is 11.4. The zero-order chi connectivity index (χ0) is 25.6. The fourth-order valence-electron chi connectivity index (χ4n) is 5.37. The third-order valence-electron chi connectivity index (χ3n) is 7.55. The summed E-state index contributed by atoms with van der Waals surface area (Å²) in [6.07, 6.45) is 7.90. The Morgan fingerprint density at radius 3 is 2.78 bits per heavy atom. The summed E-state index contributed by atoms with van der Waals surface area (Å²) in [5.41, 5.74) is 4.06. The quantitative estimate of drug-likeness (QED) is 0.388. The molecule has 5 heterocycles. The lowest BCUT2D eigenvalue weighted by molar-refractivity contribution is 0.229. The molecule has 0 bridgehead atoms. The van der Waals surface area contributed by atoms with Crippen LogP contribution >= 0.6 is 0 Å². The summed E-state index contributed by atoms with van der Waals surface area (Å²) in [6, 6.07) is 16.9. The number of nitrogens with zero attached hydrogens (tertiary/aromatic N) is 5. The summed E-state index contributed by atoms with van der Waals surface area (Å²) < 4.78 is 27.5. The normalized spacial score (nSPS) is 19.4. The van der Waals surface area contributed by atoms with Crippen LogP contribution in [0.1, 0.15) is 12.0 Å². The predicted molar refractivity (Wildman–Crippen MR) is 148 cm³/mol. The number of hydrogen-bond donors (Lipinski definition) is 2. The van der Waals surface area contributed by atoms with Gasteiger partial charge in [-0.25, -0.2) is 18.4 Å². The fraction of sp³-hybridized carbons (Fsp3) is 0.333. The van der Waals surface area contributed by atoms with Gasteiger partial charge in [-0.3, -0.25) is 4.31 Å². The van der Waals surface area contributed by atoms with Crippen molar-refractivity contribution in [3.8, 4) is 0 Å². The van der Waals surface area contributed by atoms with Gasteiger partial charge in [-0.2, -0.15) is 0 Å². The smallest absolute Gasteiger partial charge is 0.233 e. The van der Waals surface area contributed by atoms with Gasteiger partial charge < -0.3 is 20.1 Å². The highest BCUT2D eigenvalue weighted by Gasteiger charge is 2.40. The minimum atomic E-state index is -3.42. The molecule has 2 fully saturated rings. The average molecular weight is 518 g/mol. The largest absolute Gasteiger partial charge is 0.367 e. The van der Waals surface area contributed by atoms with E-state index in [1.807, 2.05) is 36.7 Å². The van der Waals surface area contributed by atoms with Crippen molar-refractivity contribution in [3.63, 3.8) is 0 Å². The van der Waals surface area contributed by atoms with Gasteiger partial charge in [0.25, 0.3) is 0 Å². The van der Waals surface area contributed by atoms with Gasteiger partial charge in [-0.1, -0.05) is 6.07 Å². The van der Waals surface area contributed by atoms with E-state index in [-0.39, 0.29) is 0 Å². The first-order chi connectivity index (χ1) is 17.9. The second-order valence-corrected chi connectivity index (χ2v) is 11.9. The summed E-state index contributed by atoms with van der Waals surface area (Å²) in [5, 5.41) is 7.95. The maximum Gasteiger partial charge on any atom is 0.233 e. The van der Waals surface area contributed by atoms with Crippen LogP contribution in [0.25, 0.3) is 10.9 Å². The number of rotatable bonds is 7. The summed E-state index contributed by atoms with van der Waals surface area (Å²) in [7, 11) is -1.89. The number of aromatic nitrogens is 3. The highest BCUT2D eigenvalue weighted by molar-refractivity contribution is 7.92. The molecule has 2 atom stereocenters. The number of hydrogen-bond acceptors (Lipinski definition) is 7. The molecule has 4 aromatic rings. The number of anilines is 4. The lowest BCUT2D eigenvalue weighted by atomic mass is 9.82. The van der Waals surface area contributed by atoms with E-state index in [4.69, 9.17) is 0 Å². The molecule has 37 heavy (non-hydrogen) atoms.